The number of benzene rings is 2. The van der Waals surface area contributed by atoms with Crippen molar-refractivity contribution < 1.29 is 49.5 Å². The number of nitrogens with zero attached hydrogens (tertiary/aromatic N) is 1. The van der Waals surface area contributed by atoms with E-state index < -0.39 is 50.7 Å². The molecule has 2 aromatic rings. The zero-order valence-electron chi connectivity index (χ0n) is 19.4. The molecule has 1 aliphatic rings. The number of carbonyl (C=O) groups excluding carboxylic acids is 2. The van der Waals surface area contributed by atoms with E-state index in [0.29, 0.717) is 17.7 Å². The van der Waals surface area contributed by atoms with Gasteiger partial charge >= 0.3 is 12.4 Å². The maximum Gasteiger partial charge on any atom is 0.430 e. The van der Waals surface area contributed by atoms with Crippen molar-refractivity contribution in [3.63, 3.8) is 0 Å². The Bertz CT molecular complexity index is 1320. The number of hydrogen-bond donors (Lipinski definition) is 2. The SMILES string of the molecule is CCS(=O)(=O)c1ccc2c(c1)CCN(C(C)=O)[C@@]2(C(N)=O)c1ccc(C(O)(C(F)(F)F)C(F)(F)F)cc1. The monoisotopic (exact) mass is 552 g/mol. The zero-order valence-corrected chi connectivity index (χ0v) is 20.3. The molecule has 1 atom stereocenters. The second kappa shape index (κ2) is 9.01. The van der Waals surface area contributed by atoms with E-state index in [9.17, 15) is 49.5 Å². The van der Waals surface area contributed by atoms with Crippen molar-refractivity contribution in [3.05, 3.63) is 64.7 Å². The molecule has 1 heterocycles. The Morgan fingerprint density at radius 2 is 1.57 bits per heavy atom. The minimum absolute atomic E-state index is 0.0474. The highest BCUT2D eigenvalue weighted by molar-refractivity contribution is 7.91. The molecule has 202 valence electrons. The molecule has 0 saturated carbocycles. The molecule has 37 heavy (non-hydrogen) atoms. The lowest BCUT2D eigenvalue weighted by Gasteiger charge is -2.46. The lowest BCUT2D eigenvalue weighted by atomic mass is 9.74. The number of primary amides is 1. The second-order valence-electron chi connectivity index (χ2n) is 8.50. The highest BCUT2D eigenvalue weighted by atomic mass is 32.2. The molecular formula is C23H22F6N2O5S. The van der Waals surface area contributed by atoms with E-state index >= 15 is 0 Å². The number of amides is 2. The van der Waals surface area contributed by atoms with E-state index in [1.807, 2.05) is 0 Å². The van der Waals surface area contributed by atoms with Gasteiger partial charge in [-0.1, -0.05) is 37.3 Å². The first-order chi connectivity index (χ1) is 16.9. The maximum atomic E-state index is 13.3. The molecule has 0 radical (unpaired) electrons. The molecule has 0 unspecified atom stereocenters. The number of fused-ring (bicyclic) bond motifs is 1. The summed E-state index contributed by atoms with van der Waals surface area (Å²) in [4.78, 5) is 26.5. The van der Waals surface area contributed by atoms with Crippen molar-refractivity contribution in [2.45, 2.75) is 48.7 Å². The van der Waals surface area contributed by atoms with Crippen LogP contribution in [-0.2, 0) is 37.0 Å². The number of nitrogens with two attached hydrogens (primary N) is 1. The summed E-state index contributed by atoms with van der Waals surface area (Å²) in [6.45, 7) is 2.36. The Hall–Kier alpha value is -3.13. The number of hydrogen-bond acceptors (Lipinski definition) is 5. The second-order valence-corrected chi connectivity index (χ2v) is 10.8. The maximum absolute atomic E-state index is 13.3. The fraction of sp³-hybridized carbons (Fsp3) is 0.391. The molecule has 0 bridgehead atoms. The van der Waals surface area contributed by atoms with Crippen LogP contribution in [0.1, 0.15) is 36.1 Å². The van der Waals surface area contributed by atoms with Crippen LogP contribution in [0, 0.1) is 0 Å². The van der Waals surface area contributed by atoms with Gasteiger partial charge in [-0.05, 0) is 35.2 Å². The molecule has 0 saturated heterocycles. The Morgan fingerprint density at radius 3 is 2.00 bits per heavy atom. The summed E-state index contributed by atoms with van der Waals surface area (Å²) in [5.41, 5.74) is -3.12. The van der Waals surface area contributed by atoms with Crippen molar-refractivity contribution in [1.29, 1.82) is 0 Å². The van der Waals surface area contributed by atoms with Crippen LogP contribution in [-0.4, -0.2) is 54.9 Å². The van der Waals surface area contributed by atoms with Gasteiger partial charge in [-0.3, -0.25) is 9.59 Å². The third-order valence-electron chi connectivity index (χ3n) is 6.49. The number of sulfone groups is 1. The molecule has 2 aromatic carbocycles. The van der Waals surface area contributed by atoms with Crippen LogP contribution in [0.2, 0.25) is 0 Å². The summed E-state index contributed by atoms with van der Waals surface area (Å²) < 4.78 is 105. The average Bonchev–Trinajstić information content (AvgIpc) is 2.80. The van der Waals surface area contributed by atoms with Gasteiger partial charge in [0.05, 0.1) is 10.6 Å². The van der Waals surface area contributed by atoms with Crippen LogP contribution < -0.4 is 5.73 Å². The molecule has 3 N–H and O–H groups in total. The molecule has 0 aliphatic carbocycles. The standard InChI is InChI=1S/C23H22F6N2O5S/c1-3-37(35,36)17-8-9-18-14(12-17)10-11-31(13(2)32)20(18,19(30)33)15-4-6-16(7-5-15)21(34,22(24,25)26)23(27,28)29/h4-9,12,34H,3,10-11H2,1-2H3,(H2,30,33)/t20-/m0/s1. The van der Waals surface area contributed by atoms with E-state index in [-0.39, 0.29) is 34.7 Å². The molecule has 3 rings (SSSR count). The summed E-state index contributed by atoms with van der Waals surface area (Å²) in [5.74, 6) is -2.08. The number of carbonyl (C=O) groups is 2. The lowest BCUT2D eigenvalue weighted by molar-refractivity contribution is -0.376. The topological polar surface area (TPSA) is 118 Å². The normalized spacial score (nSPS) is 18.9. The highest BCUT2D eigenvalue weighted by Crippen LogP contribution is 2.50. The van der Waals surface area contributed by atoms with Gasteiger partial charge < -0.3 is 15.7 Å². The largest absolute Gasteiger partial charge is 0.430 e. The Balaban J connectivity index is 2.31. The average molecular weight is 552 g/mol. The minimum atomic E-state index is -6.13. The Morgan fingerprint density at radius 1 is 1.03 bits per heavy atom. The fourth-order valence-electron chi connectivity index (χ4n) is 4.59. The van der Waals surface area contributed by atoms with Gasteiger partial charge in [0, 0.05) is 19.0 Å². The van der Waals surface area contributed by atoms with Crippen molar-refractivity contribution in [2.24, 2.45) is 5.73 Å². The van der Waals surface area contributed by atoms with Crippen molar-refractivity contribution in [3.8, 4) is 0 Å². The predicted octanol–water partition coefficient (Wildman–Crippen LogP) is 2.93. The predicted molar refractivity (Wildman–Crippen MR) is 118 cm³/mol. The molecular weight excluding hydrogens is 530 g/mol. The molecule has 0 fully saturated rings. The summed E-state index contributed by atoms with van der Waals surface area (Å²) in [5, 5.41) is 9.70. The molecule has 7 nitrogen and oxygen atoms in total. The van der Waals surface area contributed by atoms with Gasteiger partial charge in [-0.15, -0.1) is 0 Å². The van der Waals surface area contributed by atoms with Gasteiger partial charge in [0.25, 0.3) is 11.5 Å². The first kappa shape index (κ1) is 28.4. The number of rotatable bonds is 5. The third kappa shape index (κ3) is 4.25. The first-order valence-corrected chi connectivity index (χ1v) is 12.4. The van der Waals surface area contributed by atoms with Crippen LogP contribution in [0.25, 0.3) is 0 Å². The van der Waals surface area contributed by atoms with Crippen LogP contribution >= 0.6 is 0 Å². The van der Waals surface area contributed by atoms with Crippen LogP contribution in [0.3, 0.4) is 0 Å². The number of alkyl halides is 6. The first-order valence-electron chi connectivity index (χ1n) is 10.8. The molecule has 1 aliphatic heterocycles. The summed E-state index contributed by atoms with van der Waals surface area (Å²) in [7, 11) is -3.67. The van der Waals surface area contributed by atoms with Crippen LogP contribution in [0.15, 0.2) is 47.4 Å². The van der Waals surface area contributed by atoms with Gasteiger partial charge in [0.2, 0.25) is 5.91 Å². The summed E-state index contributed by atoms with van der Waals surface area (Å²) >= 11 is 0. The van der Waals surface area contributed by atoms with E-state index in [1.165, 1.54) is 25.1 Å². The smallest absolute Gasteiger partial charge is 0.369 e. The van der Waals surface area contributed by atoms with Crippen molar-refractivity contribution >= 4 is 21.7 Å². The van der Waals surface area contributed by atoms with Crippen LogP contribution in [0.5, 0.6) is 0 Å². The van der Waals surface area contributed by atoms with Crippen LogP contribution in [0.4, 0.5) is 26.3 Å². The van der Waals surface area contributed by atoms with Crippen molar-refractivity contribution in [2.75, 3.05) is 12.3 Å². The highest BCUT2D eigenvalue weighted by Gasteiger charge is 2.71. The summed E-state index contributed by atoms with van der Waals surface area (Å²) in [6, 6.07) is 5.90. The van der Waals surface area contributed by atoms with Gasteiger partial charge in [-0.2, -0.15) is 26.3 Å². The molecule has 14 heteroatoms. The van der Waals surface area contributed by atoms with E-state index in [4.69, 9.17) is 5.73 Å². The third-order valence-corrected chi connectivity index (χ3v) is 8.23. The molecule has 0 aromatic heterocycles. The van der Waals surface area contributed by atoms with E-state index in [2.05, 4.69) is 0 Å². The minimum Gasteiger partial charge on any atom is -0.369 e. The van der Waals surface area contributed by atoms with Gasteiger partial charge in [0.1, 0.15) is 0 Å². The number of halogens is 6. The number of aliphatic hydroxyl groups is 1. The van der Waals surface area contributed by atoms with E-state index in [1.54, 1.807) is 0 Å². The fourth-order valence-corrected chi connectivity index (χ4v) is 5.52. The quantitative estimate of drug-likeness (QED) is 0.554. The molecule has 0 spiro atoms. The lowest BCUT2D eigenvalue weighted by Crippen LogP contribution is -2.60. The molecule has 2 amide bonds. The van der Waals surface area contributed by atoms with Gasteiger partial charge in [-0.25, -0.2) is 8.42 Å². The summed E-state index contributed by atoms with van der Waals surface area (Å²) in [6.07, 6.45) is -12.2. The Kier molecular flexibility index (Phi) is 6.93. The van der Waals surface area contributed by atoms with Crippen molar-refractivity contribution in [1.82, 2.24) is 4.90 Å². The Labute approximate surface area is 207 Å². The van der Waals surface area contributed by atoms with E-state index in [0.717, 1.165) is 24.0 Å². The van der Waals surface area contributed by atoms with Gasteiger partial charge in [0.15, 0.2) is 15.4 Å². The zero-order chi connectivity index (χ0) is 28.2.